The number of nitrogen functional groups attached to an aromatic ring is 1. The van der Waals surface area contributed by atoms with Gasteiger partial charge in [0, 0.05) is 32.7 Å². The van der Waals surface area contributed by atoms with Gasteiger partial charge in [-0.05, 0) is 17.5 Å². The molecule has 0 unspecified atom stereocenters. The summed E-state index contributed by atoms with van der Waals surface area (Å²) in [5, 5.41) is 0.832. The van der Waals surface area contributed by atoms with Crippen LogP contribution in [0.15, 0.2) is 0 Å². The topological polar surface area (TPSA) is 71.7 Å². The van der Waals surface area contributed by atoms with Crippen LogP contribution < -0.4 is 10.6 Å². The highest BCUT2D eigenvalue weighted by molar-refractivity contribution is 7.11. The number of ether oxygens (including phenoxy) is 1. The molecule has 0 spiro atoms. The lowest BCUT2D eigenvalue weighted by Gasteiger charge is -2.36. The van der Waals surface area contributed by atoms with Crippen LogP contribution in [0.5, 0.6) is 0 Å². The molecule has 0 saturated carbocycles. The quantitative estimate of drug-likeness (QED) is 0.845. The highest BCUT2D eigenvalue weighted by Gasteiger charge is 2.26. The number of carbonyl (C=O) groups is 1. The summed E-state index contributed by atoms with van der Waals surface area (Å²) in [5.41, 5.74) is 6.19. The first-order valence-corrected chi connectivity index (χ1v) is 7.61. The van der Waals surface area contributed by atoms with Gasteiger partial charge >= 0.3 is 5.97 Å². The highest BCUT2D eigenvalue weighted by atomic mass is 32.1. The Morgan fingerprint density at radius 3 is 2.60 bits per heavy atom. The molecule has 0 atom stereocenters. The Kier molecular flexibility index (Phi) is 4.82. The third-order valence-corrected chi connectivity index (χ3v) is 4.30. The van der Waals surface area contributed by atoms with E-state index in [9.17, 15) is 4.79 Å². The second-order valence-corrected chi connectivity index (χ2v) is 6.17. The molecule has 1 aromatic rings. The normalized spacial score (nSPS) is 16.7. The Labute approximate surface area is 123 Å². The molecule has 1 aromatic heterocycles. The summed E-state index contributed by atoms with van der Waals surface area (Å²) in [7, 11) is 1.36. The van der Waals surface area contributed by atoms with Crippen molar-refractivity contribution in [1.82, 2.24) is 9.27 Å². The number of methoxy groups -OCH3 is 1. The minimum absolute atomic E-state index is 0.265. The first kappa shape index (κ1) is 15.1. The highest BCUT2D eigenvalue weighted by Crippen LogP contribution is 2.31. The van der Waals surface area contributed by atoms with Crippen LogP contribution in [0.2, 0.25) is 0 Å². The second kappa shape index (κ2) is 6.41. The zero-order valence-electron chi connectivity index (χ0n) is 12.3. The smallest absolute Gasteiger partial charge is 0.344 e. The van der Waals surface area contributed by atoms with Gasteiger partial charge in [-0.2, -0.15) is 4.37 Å². The number of piperazine rings is 1. The largest absolute Gasteiger partial charge is 0.465 e. The Balaban J connectivity index is 2.06. The molecule has 2 heterocycles. The van der Waals surface area contributed by atoms with Gasteiger partial charge in [-0.3, -0.25) is 4.90 Å². The maximum atomic E-state index is 11.8. The molecule has 0 amide bonds. The van der Waals surface area contributed by atoms with Crippen molar-refractivity contribution in [3.63, 3.8) is 0 Å². The van der Waals surface area contributed by atoms with Crippen molar-refractivity contribution < 1.29 is 9.53 Å². The predicted molar refractivity (Wildman–Crippen MR) is 81.4 cm³/mol. The lowest BCUT2D eigenvalue weighted by atomic mass is 10.2. The Morgan fingerprint density at radius 1 is 1.40 bits per heavy atom. The van der Waals surface area contributed by atoms with E-state index in [4.69, 9.17) is 10.5 Å². The number of nitrogens with zero attached hydrogens (tertiary/aromatic N) is 3. The van der Waals surface area contributed by atoms with Crippen molar-refractivity contribution in [2.75, 3.05) is 50.5 Å². The number of anilines is 2. The van der Waals surface area contributed by atoms with Crippen molar-refractivity contribution in [3.05, 3.63) is 5.56 Å². The van der Waals surface area contributed by atoms with Gasteiger partial charge in [0.25, 0.3) is 0 Å². The maximum absolute atomic E-state index is 11.8. The second-order valence-electron chi connectivity index (χ2n) is 5.42. The molecule has 2 N–H and O–H groups in total. The van der Waals surface area contributed by atoms with Gasteiger partial charge in [0.15, 0.2) is 5.82 Å². The number of hydrogen-bond donors (Lipinski definition) is 1. The van der Waals surface area contributed by atoms with Gasteiger partial charge in [0.1, 0.15) is 10.6 Å². The zero-order chi connectivity index (χ0) is 14.7. The Morgan fingerprint density at radius 2 is 2.05 bits per heavy atom. The van der Waals surface area contributed by atoms with Crippen molar-refractivity contribution in [2.24, 2.45) is 5.92 Å². The predicted octanol–water partition coefficient (Wildman–Crippen LogP) is 1.29. The number of carbonyl (C=O) groups excluding carboxylic acids is 1. The molecule has 1 fully saturated rings. The van der Waals surface area contributed by atoms with Crippen LogP contribution in [-0.4, -0.2) is 55.1 Å². The number of esters is 1. The standard InChI is InChI=1S/C13H22N4O2S/c1-9(2)8-16-4-6-17(7-5-16)12-10(13(18)19-3)11(14)15-20-12/h9H,4-8H2,1-3H3,(H2,14,15). The third-order valence-electron chi connectivity index (χ3n) is 3.37. The van der Waals surface area contributed by atoms with E-state index in [-0.39, 0.29) is 5.82 Å². The first-order chi connectivity index (χ1) is 9.52. The first-order valence-electron chi connectivity index (χ1n) is 6.83. The molecule has 1 aliphatic heterocycles. The molecule has 2 rings (SSSR count). The number of nitrogens with two attached hydrogens (primary N) is 1. The summed E-state index contributed by atoms with van der Waals surface area (Å²) in [6.07, 6.45) is 0. The number of rotatable bonds is 4. The summed E-state index contributed by atoms with van der Waals surface area (Å²) in [6.45, 7) is 9.34. The van der Waals surface area contributed by atoms with E-state index in [1.807, 2.05) is 0 Å². The molecule has 112 valence electrons. The molecule has 1 aliphatic rings. The van der Waals surface area contributed by atoms with Crippen LogP contribution in [0.1, 0.15) is 24.2 Å². The average Bonchev–Trinajstić information content (AvgIpc) is 2.80. The Hall–Kier alpha value is -1.34. The molecule has 0 aliphatic carbocycles. The molecule has 7 heteroatoms. The van der Waals surface area contributed by atoms with Gasteiger partial charge in [-0.1, -0.05) is 13.8 Å². The van der Waals surface area contributed by atoms with Crippen molar-refractivity contribution >= 4 is 28.3 Å². The summed E-state index contributed by atoms with van der Waals surface area (Å²) in [5.74, 6) is 0.531. The summed E-state index contributed by atoms with van der Waals surface area (Å²) in [6, 6.07) is 0. The molecule has 6 nitrogen and oxygen atoms in total. The summed E-state index contributed by atoms with van der Waals surface area (Å²) in [4.78, 5) is 16.4. The fourth-order valence-corrected chi connectivity index (χ4v) is 3.31. The van der Waals surface area contributed by atoms with E-state index in [1.165, 1.54) is 18.6 Å². The van der Waals surface area contributed by atoms with Gasteiger partial charge < -0.3 is 15.4 Å². The fourth-order valence-electron chi connectivity index (χ4n) is 2.45. The van der Waals surface area contributed by atoms with Crippen molar-refractivity contribution in [3.8, 4) is 0 Å². The van der Waals surface area contributed by atoms with Gasteiger partial charge in [0.05, 0.1) is 7.11 Å². The number of aromatic nitrogens is 1. The molecule has 20 heavy (non-hydrogen) atoms. The van der Waals surface area contributed by atoms with Crippen LogP contribution >= 0.6 is 11.5 Å². The van der Waals surface area contributed by atoms with Crippen molar-refractivity contribution in [1.29, 1.82) is 0 Å². The van der Waals surface area contributed by atoms with E-state index in [1.54, 1.807) is 0 Å². The van der Waals surface area contributed by atoms with Gasteiger partial charge in [-0.25, -0.2) is 4.79 Å². The van der Waals surface area contributed by atoms with Crippen LogP contribution in [0.3, 0.4) is 0 Å². The lowest BCUT2D eigenvalue weighted by molar-refractivity contribution is 0.0603. The SMILES string of the molecule is COC(=O)c1c(N)nsc1N1CCN(CC(C)C)CC1. The van der Waals surface area contributed by atoms with Gasteiger partial charge in [0.2, 0.25) is 0 Å². The van der Waals surface area contributed by atoms with E-state index in [2.05, 4.69) is 28.0 Å². The van der Waals surface area contributed by atoms with Crippen LogP contribution in [0.4, 0.5) is 10.8 Å². The fraction of sp³-hybridized carbons (Fsp3) is 0.692. The monoisotopic (exact) mass is 298 g/mol. The van der Waals surface area contributed by atoms with Crippen molar-refractivity contribution in [2.45, 2.75) is 13.8 Å². The van der Waals surface area contributed by atoms with Crippen LogP contribution in [0, 0.1) is 5.92 Å². The summed E-state index contributed by atoms with van der Waals surface area (Å²) >= 11 is 1.27. The molecular formula is C13H22N4O2S. The molecular weight excluding hydrogens is 276 g/mol. The minimum atomic E-state index is -0.407. The van der Waals surface area contributed by atoms with E-state index >= 15 is 0 Å². The number of hydrogen-bond acceptors (Lipinski definition) is 7. The van der Waals surface area contributed by atoms with E-state index < -0.39 is 5.97 Å². The molecule has 0 bridgehead atoms. The third kappa shape index (κ3) is 3.21. The summed E-state index contributed by atoms with van der Waals surface area (Å²) < 4.78 is 8.88. The lowest BCUT2D eigenvalue weighted by Crippen LogP contribution is -2.47. The molecule has 0 aromatic carbocycles. The molecule has 0 radical (unpaired) electrons. The van der Waals surface area contributed by atoms with Gasteiger partial charge in [-0.15, -0.1) is 0 Å². The van der Waals surface area contributed by atoms with Crippen LogP contribution in [-0.2, 0) is 4.74 Å². The zero-order valence-corrected chi connectivity index (χ0v) is 13.1. The van der Waals surface area contributed by atoms with E-state index in [0.717, 1.165) is 37.7 Å². The van der Waals surface area contributed by atoms with E-state index in [0.29, 0.717) is 11.5 Å². The molecule has 1 saturated heterocycles. The van der Waals surface area contributed by atoms with Crippen LogP contribution in [0.25, 0.3) is 0 Å². The maximum Gasteiger partial charge on any atom is 0.344 e. The Bertz CT molecular complexity index is 467. The average molecular weight is 298 g/mol. The minimum Gasteiger partial charge on any atom is -0.465 e.